The fourth-order valence-electron chi connectivity index (χ4n) is 4.07. The summed E-state index contributed by atoms with van der Waals surface area (Å²) in [5, 5.41) is 3.66. The number of amides is 1. The number of rotatable bonds is 8. The summed E-state index contributed by atoms with van der Waals surface area (Å²) in [7, 11) is 0. The van der Waals surface area contributed by atoms with Crippen LogP contribution >= 0.6 is 0 Å². The lowest BCUT2D eigenvalue weighted by molar-refractivity contribution is -0.119. The van der Waals surface area contributed by atoms with Gasteiger partial charge in [0.15, 0.2) is 0 Å². The number of hydrogen-bond donors (Lipinski definition) is 1. The first-order valence-corrected chi connectivity index (χ1v) is 10.4. The predicted octanol–water partition coefficient (Wildman–Crippen LogP) is 6.33. The van der Waals surface area contributed by atoms with E-state index >= 15 is 0 Å². The van der Waals surface area contributed by atoms with Crippen LogP contribution in [0, 0.1) is 0 Å². The zero-order valence-corrected chi connectivity index (χ0v) is 16.7. The smallest absolute Gasteiger partial charge is 0.227 e. The highest BCUT2D eigenvalue weighted by molar-refractivity contribution is 5.95. The molecule has 1 amide bonds. The lowest BCUT2D eigenvalue weighted by Gasteiger charge is -2.40. The minimum Gasteiger partial charge on any atom is -0.378 e. The highest BCUT2D eigenvalue weighted by Crippen LogP contribution is 2.39. The number of benzene rings is 2. The van der Waals surface area contributed by atoms with E-state index in [1.165, 1.54) is 24.8 Å². The van der Waals surface area contributed by atoms with Crippen molar-refractivity contribution in [2.75, 3.05) is 10.2 Å². The maximum atomic E-state index is 13.0. The molecule has 0 fully saturated rings. The van der Waals surface area contributed by atoms with Crippen molar-refractivity contribution in [2.24, 2.45) is 0 Å². The molecule has 0 unspecified atom stereocenters. The zero-order chi connectivity index (χ0) is 19.1. The minimum atomic E-state index is 0.198. The average molecular weight is 365 g/mol. The van der Waals surface area contributed by atoms with Crippen LogP contribution in [0.25, 0.3) is 0 Å². The molecule has 2 aromatic rings. The van der Waals surface area contributed by atoms with Crippen molar-refractivity contribution in [3.63, 3.8) is 0 Å². The molecule has 0 spiro atoms. The van der Waals surface area contributed by atoms with Gasteiger partial charge in [0.05, 0.1) is 6.04 Å². The van der Waals surface area contributed by atoms with E-state index < -0.39 is 0 Å². The van der Waals surface area contributed by atoms with Gasteiger partial charge in [0, 0.05) is 23.8 Å². The van der Waals surface area contributed by atoms with Gasteiger partial charge in [0.2, 0.25) is 5.91 Å². The van der Waals surface area contributed by atoms with Crippen molar-refractivity contribution in [2.45, 2.75) is 70.9 Å². The molecule has 0 aromatic heterocycles. The van der Waals surface area contributed by atoms with Gasteiger partial charge in [0.1, 0.15) is 0 Å². The second kappa shape index (κ2) is 9.59. The molecule has 3 heteroatoms. The van der Waals surface area contributed by atoms with Crippen LogP contribution in [-0.2, 0) is 4.79 Å². The first kappa shape index (κ1) is 19.5. The molecule has 3 nitrogen and oxygen atoms in total. The van der Waals surface area contributed by atoms with Gasteiger partial charge < -0.3 is 10.2 Å². The molecule has 1 heterocycles. The monoisotopic (exact) mass is 364 g/mol. The van der Waals surface area contributed by atoms with Crippen LogP contribution in [0.5, 0.6) is 0 Å². The number of hydrogen-bond acceptors (Lipinski definition) is 2. The first-order chi connectivity index (χ1) is 13.2. The van der Waals surface area contributed by atoms with E-state index in [-0.39, 0.29) is 18.0 Å². The normalized spacial score (nSPS) is 18.8. The van der Waals surface area contributed by atoms with Crippen molar-refractivity contribution in [3.8, 4) is 0 Å². The Morgan fingerprint density at radius 2 is 1.70 bits per heavy atom. The minimum absolute atomic E-state index is 0.198. The second-order valence-electron chi connectivity index (χ2n) is 7.63. The van der Waals surface area contributed by atoms with Crippen LogP contribution in [0.15, 0.2) is 54.6 Å². The van der Waals surface area contributed by atoms with E-state index in [4.69, 9.17) is 0 Å². The Bertz CT molecular complexity index is 728. The molecule has 1 aliphatic heterocycles. The first-order valence-electron chi connectivity index (χ1n) is 10.4. The van der Waals surface area contributed by atoms with E-state index in [0.29, 0.717) is 6.42 Å². The maximum Gasteiger partial charge on any atom is 0.227 e. The standard InChI is InChI=1S/C24H32N2O/c1-3-4-5-6-10-17-24(27)26-19(2)18-22(21-15-11-12-16-23(21)26)25-20-13-8-7-9-14-20/h7-9,11-16,19,22,25H,3-6,10,17-18H2,1-2H3/t19-,22-/m0/s1. The summed E-state index contributed by atoms with van der Waals surface area (Å²) in [6.45, 7) is 4.39. The molecule has 0 saturated heterocycles. The molecule has 2 aromatic carbocycles. The SMILES string of the molecule is CCCCCCCC(=O)N1c2ccccc2[C@@H](Nc2ccccc2)C[C@@H]1C. The Balaban J connectivity index is 1.72. The summed E-state index contributed by atoms with van der Waals surface area (Å²) in [5.74, 6) is 0.268. The van der Waals surface area contributed by atoms with Gasteiger partial charge in [-0.3, -0.25) is 4.79 Å². The van der Waals surface area contributed by atoms with E-state index in [0.717, 1.165) is 30.6 Å². The number of nitrogens with zero attached hydrogens (tertiary/aromatic N) is 1. The molecule has 0 bridgehead atoms. The number of nitrogens with one attached hydrogen (secondary N) is 1. The third-order valence-corrected chi connectivity index (χ3v) is 5.47. The van der Waals surface area contributed by atoms with Gasteiger partial charge in [-0.25, -0.2) is 0 Å². The Kier molecular flexibility index (Phi) is 6.92. The average Bonchev–Trinajstić information content (AvgIpc) is 2.68. The molecule has 27 heavy (non-hydrogen) atoms. The fourth-order valence-corrected chi connectivity index (χ4v) is 4.07. The van der Waals surface area contributed by atoms with Gasteiger partial charge >= 0.3 is 0 Å². The van der Waals surface area contributed by atoms with Gasteiger partial charge in [-0.15, -0.1) is 0 Å². The molecule has 144 valence electrons. The summed E-state index contributed by atoms with van der Waals surface area (Å²) in [6.07, 6.45) is 7.47. The van der Waals surface area contributed by atoms with Crippen molar-refractivity contribution in [1.82, 2.24) is 0 Å². The molecule has 1 aliphatic rings. The second-order valence-corrected chi connectivity index (χ2v) is 7.63. The summed E-state index contributed by atoms with van der Waals surface area (Å²) in [5.41, 5.74) is 3.42. The quantitative estimate of drug-likeness (QED) is 0.555. The van der Waals surface area contributed by atoms with E-state index in [1.54, 1.807) is 0 Å². The summed E-state index contributed by atoms with van der Waals surface area (Å²) in [6, 6.07) is 19.1. The lowest BCUT2D eigenvalue weighted by Crippen LogP contribution is -2.44. The molecular formula is C24H32N2O. The summed E-state index contributed by atoms with van der Waals surface area (Å²) in [4.78, 5) is 15.0. The molecule has 1 N–H and O–H groups in total. The number of carbonyl (C=O) groups excluding carboxylic acids is 1. The van der Waals surface area contributed by atoms with Crippen LogP contribution < -0.4 is 10.2 Å². The number of carbonyl (C=O) groups is 1. The number of fused-ring (bicyclic) bond motifs is 1. The third-order valence-electron chi connectivity index (χ3n) is 5.47. The highest BCUT2D eigenvalue weighted by Gasteiger charge is 2.33. The number of para-hydroxylation sites is 2. The van der Waals surface area contributed by atoms with Crippen molar-refractivity contribution in [3.05, 3.63) is 60.2 Å². The van der Waals surface area contributed by atoms with Crippen LogP contribution in [0.1, 0.15) is 70.4 Å². The van der Waals surface area contributed by atoms with Gasteiger partial charge in [-0.1, -0.05) is 69.0 Å². The fraction of sp³-hybridized carbons (Fsp3) is 0.458. The predicted molar refractivity (Wildman–Crippen MR) is 114 cm³/mol. The van der Waals surface area contributed by atoms with Gasteiger partial charge in [0.25, 0.3) is 0 Å². The van der Waals surface area contributed by atoms with Gasteiger partial charge in [-0.05, 0) is 43.5 Å². The molecule has 3 rings (SSSR count). The Labute approximate surface area is 163 Å². The van der Waals surface area contributed by atoms with Crippen LogP contribution in [0.3, 0.4) is 0 Å². The highest BCUT2D eigenvalue weighted by atomic mass is 16.2. The third kappa shape index (κ3) is 4.91. The van der Waals surface area contributed by atoms with E-state index in [1.807, 2.05) is 17.0 Å². The molecule has 2 atom stereocenters. The number of unbranched alkanes of at least 4 members (excludes halogenated alkanes) is 4. The summed E-state index contributed by atoms with van der Waals surface area (Å²) < 4.78 is 0. The van der Waals surface area contributed by atoms with E-state index in [2.05, 4.69) is 61.6 Å². The van der Waals surface area contributed by atoms with Crippen LogP contribution in [0.2, 0.25) is 0 Å². The van der Waals surface area contributed by atoms with Crippen LogP contribution in [-0.4, -0.2) is 11.9 Å². The molecule has 0 aliphatic carbocycles. The lowest BCUT2D eigenvalue weighted by atomic mass is 9.91. The van der Waals surface area contributed by atoms with Crippen LogP contribution in [0.4, 0.5) is 11.4 Å². The molecule has 0 radical (unpaired) electrons. The largest absolute Gasteiger partial charge is 0.378 e. The topological polar surface area (TPSA) is 32.3 Å². The van der Waals surface area contributed by atoms with Crippen molar-refractivity contribution in [1.29, 1.82) is 0 Å². The summed E-state index contributed by atoms with van der Waals surface area (Å²) >= 11 is 0. The Morgan fingerprint density at radius 1 is 1.00 bits per heavy atom. The van der Waals surface area contributed by atoms with E-state index in [9.17, 15) is 4.79 Å². The number of anilines is 2. The zero-order valence-electron chi connectivity index (χ0n) is 16.7. The Morgan fingerprint density at radius 3 is 2.48 bits per heavy atom. The van der Waals surface area contributed by atoms with Gasteiger partial charge in [-0.2, -0.15) is 0 Å². The van der Waals surface area contributed by atoms with Crippen molar-refractivity contribution < 1.29 is 4.79 Å². The molecular weight excluding hydrogens is 332 g/mol. The maximum absolute atomic E-state index is 13.0. The van der Waals surface area contributed by atoms with Crippen molar-refractivity contribution >= 4 is 17.3 Å². The Hall–Kier alpha value is -2.29. The molecule has 0 saturated carbocycles.